The van der Waals surface area contributed by atoms with Crippen LogP contribution in [0.15, 0.2) is 36.4 Å². The van der Waals surface area contributed by atoms with E-state index < -0.39 is 5.60 Å². The normalized spacial score (nSPS) is 21.6. The van der Waals surface area contributed by atoms with Crippen LogP contribution in [0.4, 0.5) is 0 Å². The number of ketones is 1. The van der Waals surface area contributed by atoms with Crippen molar-refractivity contribution in [2.24, 2.45) is 5.92 Å². The van der Waals surface area contributed by atoms with Crippen LogP contribution in [0.5, 0.6) is 5.75 Å². The Kier molecular flexibility index (Phi) is 5.88. The van der Waals surface area contributed by atoms with Crippen LogP contribution < -0.4 is 4.74 Å². The number of rotatable bonds is 3. The number of Topliss-reactive ketones (excluding diaryl/α,β-unsaturated/α-hetero) is 1. The molecule has 0 N–H and O–H groups in total. The average molecular weight is 481 g/mol. The summed E-state index contributed by atoms with van der Waals surface area (Å²) < 4.78 is 6.42. The van der Waals surface area contributed by atoms with E-state index in [9.17, 15) is 14.4 Å². The molecule has 3 aliphatic heterocycles. The minimum absolute atomic E-state index is 0.0258. The molecule has 3 heterocycles. The molecular weight excluding hydrogens is 452 g/mol. The second-order valence-electron chi connectivity index (χ2n) is 9.88. The molecule has 2 aromatic carbocycles. The van der Waals surface area contributed by atoms with Crippen molar-refractivity contribution in [2.45, 2.75) is 51.7 Å². The summed E-state index contributed by atoms with van der Waals surface area (Å²) in [6, 6.07) is 11.7. The summed E-state index contributed by atoms with van der Waals surface area (Å²) in [7, 11) is 0. The third-order valence-electron chi connectivity index (χ3n) is 7.50. The summed E-state index contributed by atoms with van der Waals surface area (Å²) in [6.45, 7) is 5.81. The van der Waals surface area contributed by atoms with Crippen molar-refractivity contribution >= 4 is 29.2 Å². The van der Waals surface area contributed by atoms with Crippen molar-refractivity contribution in [3.63, 3.8) is 0 Å². The number of nitrogens with zero attached hydrogens (tertiary/aromatic N) is 2. The van der Waals surface area contributed by atoms with Crippen LogP contribution in [0.25, 0.3) is 0 Å². The van der Waals surface area contributed by atoms with E-state index in [2.05, 4.69) is 0 Å². The number of likely N-dealkylation sites (tertiary alicyclic amines) is 2. The number of aryl methyl sites for hydroxylation is 1. The number of carbonyl (C=O) groups excluding carboxylic acids is 3. The molecule has 1 unspecified atom stereocenters. The summed E-state index contributed by atoms with van der Waals surface area (Å²) >= 11 is 6.36. The SMILES string of the molecule is Cc1cc2c(c(C)c1Cl)C(=O)CC1(CCN(C(=O)C3CC(=O)N(Cc4ccccc4)C3)CC1)O2. The van der Waals surface area contributed by atoms with Crippen molar-refractivity contribution in [2.75, 3.05) is 19.6 Å². The van der Waals surface area contributed by atoms with Gasteiger partial charge in [-0.1, -0.05) is 41.9 Å². The number of fused-ring (bicyclic) bond motifs is 1. The molecule has 0 aromatic heterocycles. The minimum Gasteiger partial charge on any atom is -0.486 e. The van der Waals surface area contributed by atoms with Gasteiger partial charge in [-0.15, -0.1) is 0 Å². The maximum atomic E-state index is 13.2. The Morgan fingerprint density at radius 1 is 1.15 bits per heavy atom. The molecule has 0 saturated carbocycles. The number of hydrogen-bond acceptors (Lipinski definition) is 4. The van der Waals surface area contributed by atoms with E-state index in [-0.39, 0.29) is 29.9 Å². The van der Waals surface area contributed by atoms with E-state index in [0.717, 1.165) is 16.7 Å². The molecule has 5 rings (SSSR count). The van der Waals surface area contributed by atoms with Crippen LogP contribution in [0.1, 0.15) is 52.7 Å². The highest BCUT2D eigenvalue weighted by molar-refractivity contribution is 6.32. The molecule has 6 nitrogen and oxygen atoms in total. The van der Waals surface area contributed by atoms with Gasteiger partial charge < -0.3 is 14.5 Å². The van der Waals surface area contributed by atoms with Crippen LogP contribution >= 0.6 is 11.6 Å². The van der Waals surface area contributed by atoms with Gasteiger partial charge in [-0.05, 0) is 36.6 Å². The van der Waals surface area contributed by atoms with E-state index in [1.54, 1.807) is 4.90 Å². The second-order valence-corrected chi connectivity index (χ2v) is 10.3. The highest BCUT2D eigenvalue weighted by atomic mass is 35.5. The molecule has 0 bridgehead atoms. The highest BCUT2D eigenvalue weighted by Crippen LogP contribution is 2.43. The molecule has 178 valence electrons. The zero-order valence-corrected chi connectivity index (χ0v) is 20.4. The Bertz CT molecular complexity index is 1150. The lowest BCUT2D eigenvalue weighted by Crippen LogP contribution is -2.53. The third-order valence-corrected chi connectivity index (χ3v) is 8.08. The number of carbonyl (C=O) groups is 3. The Hall–Kier alpha value is -2.86. The van der Waals surface area contributed by atoms with Crippen molar-refractivity contribution in [1.82, 2.24) is 9.80 Å². The topological polar surface area (TPSA) is 66.9 Å². The van der Waals surface area contributed by atoms with Gasteiger partial charge >= 0.3 is 0 Å². The number of amides is 2. The van der Waals surface area contributed by atoms with Crippen molar-refractivity contribution in [3.05, 3.63) is 63.7 Å². The molecule has 0 radical (unpaired) electrons. The maximum absolute atomic E-state index is 13.2. The monoisotopic (exact) mass is 480 g/mol. The first-order valence-electron chi connectivity index (χ1n) is 11.9. The fourth-order valence-corrected chi connectivity index (χ4v) is 5.71. The minimum atomic E-state index is -0.585. The Morgan fingerprint density at radius 3 is 2.56 bits per heavy atom. The summed E-state index contributed by atoms with van der Waals surface area (Å²) in [6.07, 6.45) is 1.75. The van der Waals surface area contributed by atoms with E-state index in [0.29, 0.717) is 61.8 Å². The first kappa shape index (κ1) is 22.9. The third kappa shape index (κ3) is 4.09. The Morgan fingerprint density at radius 2 is 1.85 bits per heavy atom. The number of piperidine rings is 1. The van der Waals surface area contributed by atoms with E-state index in [1.165, 1.54) is 0 Å². The van der Waals surface area contributed by atoms with Crippen LogP contribution in [0.3, 0.4) is 0 Å². The highest BCUT2D eigenvalue weighted by Gasteiger charge is 2.46. The average Bonchev–Trinajstić information content (AvgIpc) is 3.18. The number of hydrogen-bond donors (Lipinski definition) is 0. The van der Waals surface area contributed by atoms with Crippen LogP contribution in [-0.4, -0.2) is 52.6 Å². The first-order valence-corrected chi connectivity index (χ1v) is 12.3. The predicted molar refractivity (Wildman–Crippen MR) is 129 cm³/mol. The summed E-state index contributed by atoms with van der Waals surface area (Å²) in [5, 5.41) is 0.611. The lowest BCUT2D eigenvalue weighted by molar-refractivity contribution is -0.139. The lowest BCUT2D eigenvalue weighted by atomic mass is 9.81. The molecule has 1 atom stereocenters. The Labute approximate surface area is 204 Å². The first-order chi connectivity index (χ1) is 16.3. The van der Waals surface area contributed by atoms with Gasteiger partial charge in [0.05, 0.1) is 17.9 Å². The van der Waals surface area contributed by atoms with Crippen molar-refractivity contribution < 1.29 is 19.1 Å². The fraction of sp³-hybridized carbons (Fsp3) is 0.444. The van der Waals surface area contributed by atoms with E-state index >= 15 is 0 Å². The smallest absolute Gasteiger partial charge is 0.227 e. The van der Waals surface area contributed by atoms with E-state index in [4.69, 9.17) is 16.3 Å². The molecule has 7 heteroatoms. The zero-order valence-electron chi connectivity index (χ0n) is 19.6. The molecule has 2 aromatic rings. The molecule has 1 spiro atoms. The number of ether oxygens (including phenoxy) is 1. The van der Waals surface area contributed by atoms with Gasteiger partial charge in [0.25, 0.3) is 0 Å². The molecule has 2 fully saturated rings. The number of halogens is 1. The van der Waals surface area contributed by atoms with Gasteiger partial charge in [0.15, 0.2) is 5.78 Å². The quantitative estimate of drug-likeness (QED) is 0.655. The van der Waals surface area contributed by atoms with Gasteiger partial charge in [-0.2, -0.15) is 0 Å². The van der Waals surface area contributed by atoms with Gasteiger partial charge in [0, 0.05) is 50.5 Å². The summed E-state index contributed by atoms with van der Waals surface area (Å²) in [4.78, 5) is 42.4. The van der Waals surface area contributed by atoms with Crippen LogP contribution in [0, 0.1) is 19.8 Å². The molecule has 34 heavy (non-hydrogen) atoms. The molecular formula is C27H29ClN2O4. The molecule has 0 aliphatic carbocycles. The van der Waals surface area contributed by atoms with Gasteiger partial charge in [-0.3, -0.25) is 14.4 Å². The van der Waals surface area contributed by atoms with Gasteiger partial charge in [-0.25, -0.2) is 0 Å². The van der Waals surface area contributed by atoms with E-state index in [1.807, 2.05) is 55.1 Å². The predicted octanol–water partition coefficient (Wildman–Crippen LogP) is 4.33. The molecule has 2 saturated heterocycles. The standard InChI is InChI=1S/C27H29ClN2O4/c1-17-12-22-24(18(2)25(17)28)21(31)14-27(34-22)8-10-29(11-9-27)26(33)20-13-23(32)30(16-20)15-19-6-4-3-5-7-19/h3-7,12,20H,8-11,13-16H2,1-2H3. The second kappa shape index (κ2) is 8.73. The zero-order chi connectivity index (χ0) is 24.0. The van der Waals surface area contributed by atoms with Gasteiger partial charge in [0.1, 0.15) is 11.4 Å². The van der Waals surface area contributed by atoms with Crippen LogP contribution in [-0.2, 0) is 16.1 Å². The molecule has 3 aliphatic rings. The fourth-order valence-electron chi connectivity index (χ4n) is 5.57. The summed E-state index contributed by atoms with van der Waals surface area (Å²) in [5.74, 6) is 0.400. The lowest BCUT2D eigenvalue weighted by Gasteiger charge is -2.44. The summed E-state index contributed by atoms with van der Waals surface area (Å²) in [5.41, 5.74) is 2.73. The van der Waals surface area contributed by atoms with Crippen molar-refractivity contribution in [3.8, 4) is 5.75 Å². The van der Waals surface area contributed by atoms with Gasteiger partial charge in [0.2, 0.25) is 11.8 Å². The molecule has 2 amide bonds. The number of benzene rings is 2. The Balaban J connectivity index is 1.23. The maximum Gasteiger partial charge on any atom is 0.227 e. The van der Waals surface area contributed by atoms with Crippen LogP contribution in [0.2, 0.25) is 5.02 Å². The largest absolute Gasteiger partial charge is 0.486 e. The van der Waals surface area contributed by atoms with Crippen molar-refractivity contribution in [1.29, 1.82) is 0 Å².